The zero-order chi connectivity index (χ0) is 10.3. The predicted octanol–water partition coefficient (Wildman–Crippen LogP) is -0.0239. The summed E-state index contributed by atoms with van der Waals surface area (Å²) in [6.45, 7) is 2.09. The molecule has 3 N–H and O–H groups in total. The molecule has 5 heteroatoms. The van der Waals surface area contributed by atoms with E-state index in [-0.39, 0.29) is 6.04 Å². The molecule has 5 nitrogen and oxygen atoms in total. The highest BCUT2D eigenvalue weighted by molar-refractivity contribution is 5.06. The maximum absolute atomic E-state index is 5.92. The first-order chi connectivity index (χ1) is 7.34. The Morgan fingerprint density at radius 2 is 2.27 bits per heavy atom. The van der Waals surface area contributed by atoms with Gasteiger partial charge in [0.15, 0.2) is 0 Å². The molecule has 2 unspecified atom stereocenters. The second kappa shape index (κ2) is 3.57. The Morgan fingerprint density at radius 1 is 1.33 bits per heavy atom. The fourth-order valence-electron chi connectivity index (χ4n) is 2.54. The molecule has 82 valence electrons. The van der Waals surface area contributed by atoms with Gasteiger partial charge in [0.2, 0.25) is 0 Å². The monoisotopic (exact) mass is 207 g/mol. The van der Waals surface area contributed by atoms with E-state index in [9.17, 15) is 0 Å². The van der Waals surface area contributed by atoms with Crippen LogP contribution in [0.25, 0.3) is 0 Å². The van der Waals surface area contributed by atoms with Gasteiger partial charge in [0.25, 0.3) is 0 Å². The van der Waals surface area contributed by atoms with E-state index < -0.39 is 0 Å². The van der Waals surface area contributed by atoms with E-state index in [4.69, 9.17) is 5.73 Å². The minimum absolute atomic E-state index is 0.270. The summed E-state index contributed by atoms with van der Waals surface area (Å²) in [7, 11) is 0. The summed E-state index contributed by atoms with van der Waals surface area (Å²) in [4.78, 5) is 0. The van der Waals surface area contributed by atoms with Crippen LogP contribution in [0, 0.1) is 0 Å². The summed E-state index contributed by atoms with van der Waals surface area (Å²) in [5.41, 5.74) is 5.92. The Hall–Kier alpha value is -0.940. The fraction of sp³-hybridized carbons (Fsp3) is 0.800. The van der Waals surface area contributed by atoms with E-state index in [2.05, 4.69) is 20.1 Å². The van der Waals surface area contributed by atoms with Gasteiger partial charge in [-0.05, 0) is 25.8 Å². The smallest absolute Gasteiger partial charge is 0.150 e. The molecule has 0 amide bonds. The zero-order valence-electron chi connectivity index (χ0n) is 8.82. The van der Waals surface area contributed by atoms with Gasteiger partial charge in [-0.1, -0.05) is 0 Å². The molecular formula is C10H17N5. The molecule has 2 aliphatic heterocycles. The van der Waals surface area contributed by atoms with Gasteiger partial charge in [-0.2, -0.15) is 0 Å². The first kappa shape index (κ1) is 9.30. The summed E-state index contributed by atoms with van der Waals surface area (Å²) >= 11 is 0. The maximum Gasteiger partial charge on any atom is 0.150 e. The van der Waals surface area contributed by atoms with Crippen LogP contribution in [0.5, 0.6) is 0 Å². The van der Waals surface area contributed by atoms with Crippen LogP contribution in [0.4, 0.5) is 0 Å². The molecule has 0 spiro atoms. The Kier molecular flexibility index (Phi) is 2.21. The SMILES string of the molecule is NC1CCn2c(nnc2C2CCCN2)C1. The Labute approximate surface area is 89.1 Å². The third kappa shape index (κ3) is 1.55. The summed E-state index contributed by atoms with van der Waals surface area (Å²) in [5, 5.41) is 12.0. The number of nitrogens with zero attached hydrogens (tertiary/aromatic N) is 3. The second-order valence-electron chi connectivity index (χ2n) is 4.53. The molecule has 1 aromatic heterocycles. The van der Waals surface area contributed by atoms with Crippen LogP contribution in [0.15, 0.2) is 0 Å². The molecular weight excluding hydrogens is 190 g/mol. The molecule has 3 heterocycles. The van der Waals surface area contributed by atoms with Crippen LogP contribution in [-0.2, 0) is 13.0 Å². The van der Waals surface area contributed by atoms with Gasteiger partial charge in [-0.15, -0.1) is 10.2 Å². The molecule has 0 aromatic carbocycles. The van der Waals surface area contributed by atoms with Crippen LogP contribution in [-0.4, -0.2) is 27.4 Å². The van der Waals surface area contributed by atoms with Crippen molar-refractivity contribution in [2.75, 3.05) is 6.54 Å². The van der Waals surface area contributed by atoms with Gasteiger partial charge >= 0.3 is 0 Å². The number of fused-ring (bicyclic) bond motifs is 1. The van der Waals surface area contributed by atoms with Gasteiger partial charge in [-0.3, -0.25) is 0 Å². The highest BCUT2D eigenvalue weighted by Crippen LogP contribution is 2.24. The Balaban J connectivity index is 1.90. The molecule has 0 aliphatic carbocycles. The Bertz CT molecular complexity index is 353. The molecule has 0 bridgehead atoms. The first-order valence-electron chi connectivity index (χ1n) is 5.75. The normalized spacial score (nSPS) is 30.5. The highest BCUT2D eigenvalue weighted by atomic mass is 15.3. The molecule has 1 fully saturated rings. The van der Waals surface area contributed by atoms with Gasteiger partial charge in [0.05, 0.1) is 6.04 Å². The summed E-state index contributed by atoms with van der Waals surface area (Å²) in [6.07, 6.45) is 4.35. The molecule has 2 aliphatic rings. The lowest BCUT2D eigenvalue weighted by molar-refractivity contribution is 0.438. The van der Waals surface area contributed by atoms with Crippen molar-refractivity contribution >= 4 is 0 Å². The topological polar surface area (TPSA) is 68.8 Å². The summed E-state index contributed by atoms with van der Waals surface area (Å²) in [5.74, 6) is 2.19. The average molecular weight is 207 g/mol. The minimum atomic E-state index is 0.270. The van der Waals surface area contributed by atoms with Crippen molar-refractivity contribution < 1.29 is 0 Å². The molecule has 1 aromatic rings. The maximum atomic E-state index is 5.92. The standard InChI is InChI=1S/C10H17N5/c11-7-3-5-15-9(6-7)13-14-10(15)8-2-1-4-12-8/h7-8,12H,1-6,11H2. The van der Waals surface area contributed by atoms with Crippen LogP contribution in [0.2, 0.25) is 0 Å². The van der Waals surface area contributed by atoms with Crippen molar-refractivity contribution in [3.05, 3.63) is 11.6 Å². The third-order valence-corrected chi connectivity index (χ3v) is 3.40. The number of hydrogen-bond acceptors (Lipinski definition) is 4. The lowest BCUT2D eigenvalue weighted by atomic mass is 10.1. The van der Waals surface area contributed by atoms with Crippen molar-refractivity contribution in [1.29, 1.82) is 0 Å². The second-order valence-corrected chi connectivity index (χ2v) is 4.53. The Morgan fingerprint density at radius 3 is 3.07 bits per heavy atom. The van der Waals surface area contributed by atoms with Gasteiger partial charge in [0.1, 0.15) is 11.6 Å². The lowest BCUT2D eigenvalue weighted by Gasteiger charge is -2.21. The predicted molar refractivity (Wildman–Crippen MR) is 56.3 cm³/mol. The van der Waals surface area contributed by atoms with Crippen LogP contribution >= 0.6 is 0 Å². The average Bonchev–Trinajstić information content (AvgIpc) is 2.82. The van der Waals surface area contributed by atoms with Crippen LogP contribution in [0.1, 0.15) is 37.0 Å². The summed E-state index contributed by atoms with van der Waals surface area (Å²) < 4.78 is 2.26. The number of nitrogens with one attached hydrogen (secondary N) is 1. The highest BCUT2D eigenvalue weighted by Gasteiger charge is 2.26. The van der Waals surface area contributed by atoms with Crippen molar-refractivity contribution in [2.45, 2.75) is 44.3 Å². The molecule has 3 rings (SSSR count). The van der Waals surface area contributed by atoms with Crippen LogP contribution < -0.4 is 11.1 Å². The zero-order valence-corrected chi connectivity index (χ0v) is 8.82. The van der Waals surface area contributed by atoms with Gasteiger partial charge in [0, 0.05) is 19.0 Å². The third-order valence-electron chi connectivity index (χ3n) is 3.40. The van der Waals surface area contributed by atoms with E-state index in [1.807, 2.05) is 0 Å². The van der Waals surface area contributed by atoms with Crippen molar-refractivity contribution in [3.8, 4) is 0 Å². The summed E-state index contributed by atoms with van der Waals surface area (Å²) in [6, 6.07) is 0.687. The molecule has 1 saturated heterocycles. The van der Waals surface area contributed by atoms with Crippen LogP contribution in [0.3, 0.4) is 0 Å². The largest absolute Gasteiger partial charge is 0.327 e. The number of nitrogens with two attached hydrogens (primary N) is 1. The van der Waals surface area contributed by atoms with Crippen molar-refractivity contribution in [1.82, 2.24) is 20.1 Å². The molecule has 15 heavy (non-hydrogen) atoms. The minimum Gasteiger partial charge on any atom is -0.327 e. The quantitative estimate of drug-likeness (QED) is 0.679. The number of hydrogen-bond donors (Lipinski definition) is 2. The van der Waals surface area contributed by atoms with Crippen molar-refractivity contribution in [3.63, 3.8) is 0 Å². The molecule has 2 atom stereocenters. The van der Waals surface area contributed by atoms with E-state index >= 15 is 0 Å². The number of aromatic nitrogens is 3. The van der Waals surface area contributed by atoms with Gasteiger partial charge in [-0.25, -0.2) is 0 Å². The fourth-order valence-corrected chi connectivity index (χ4v) is 2.54. The van der Waals surface area contributed by atoms with E-state index in [1.54, 1.807) is 0 Å². The first-order valence-corrected chi connectivity index (χ1v) is 5.75. The van der Waals surface area contributed by atoms with E-state index in [0.717, 1.165) is 37.6 Å². The number of rotatable bonds is 1. The van der Waals surface area contributed by atoms with E-state index in [1.165, 1.54) is 12.8 Å². The molecule has 0 saturated carbocycles. The van der Waals surface area contributed by atoms with Crippen molar-refractivity contribution in [2.24, 2.45) is 5.73 Å². The lowest BCUT2D eigenvalue weighted by Crippen LogP contribution is -2.32. The van der Waals surface area contributed by atoms with E-state index in [0.29, 0.717) is 6.04 Å². The van der Waals surface area contributed by atoms with Gasteiger partial charge < -0.3 is 15.6 Å². The molecule has 0 radical (unpaired) electrons.